The lowest BCUT2D eigenvalue weighted by atomic mass is 10.2. The Morgan fingerprint density at radius 2 is 2.05 bits per heavy atom. The van der Waals surface area contributed by atoms with Gasteiger partial charge in [0.25, 0.3) is 5.91 Å². The first-order valence-corrected chi connectivity index (χ1v) is 6.67. The minimum Gasteiger partial charge on any atom is -0.493 e. The molecule has 2 rings (SSSR count). The van der Waals surface area contributed by atoms with E-state index >= 15 is 0 Å². The summed E-state index contributed by atoms with van der Waals surface area (Å²) in [5.74, 6) is -0.262. The van der Waals surface area contributed by atoms with Gasteiger partial charge in [0.1, 0.15) is 5.75 Å². The smallest absolute Gasteiger partial charge is 0.445 e. The molecule has 21 heavy (non-hydrogen) atoms. The molecule has 0 spiro atoms. The standard InChI is InChI=1S/C12H10F3N3O2S/c1-2-20-8-6-4-3-5-7(8)9(19)16-11-18-17-10(21-11)12(13,14)15/h3-6H,2H2,1H3,(H,16,18,19). The highest BCUT2D eigenvalue weighted by Gasteiger charge is 2.35. The van der Waals surface area contributed by atoms with E-state index in [0.717, 1.165) is 0 Å². The number of amides is 1. The second-order valence-corrected chi connectivity index (χ2v) is 4.77. The van der Waals surface area contributed by atoms with E-state index in [-0.39, 0.29) is 22.0 Å². The topological polar surface area (TPSA) is 64.1 Å². The normalized spacial score (nSPS) is 11.2. The third-order valence-corrected chi connectivity index (χ3v) is 3.20. The van der Waals surface area contributed by atoms with Crippen LogP contribution < -0.4 is 10.1 Å². The van der Waals surface area contributed by atoms with E-state index in [1.165, 1.54) is 6.07 Å². The number of para-hydroxylation sites is 1. The van der Waals surface area contributed by atoms with Gasteiger partial charge in [-0.2, -0.15) is 13.2 Å². The fraction of sp³-hybridized carbons (Fsp3) is 0.250. The third-order valence-electron chi connectivity index (χ3n) is 2.32. The van der Waals surface area contributed by atoms with Gasteiger partial charge in [0, 0.05) is 0 Å². The van der Waals surface area contributed by atoms with E-state index in [0.29, 0.717) is 12.4 Å². The van der Waals surface area contributed by atoms with Crippen molar-refractivity contribution in [2.24, 2.45) is 0 Å². The molecule has 112 valence electrons. The number of nitrogens with one attached hydrogen (secondary N) is 1. The van der Waals surface area contributed by atoms with Crippen molar-refractivity contribution >= 4 is 22.4 Å². The van der Waals surface area contributed by atoms with Crippen LogP contribution in [0.1, 0.15) is 22.3 Å². The number of rotatable bonds is 4. The summed E-state index contributed by atoms with van der Waals surface area (Å²) in [4.78, 5) is 12.0. The van der Waals surface area contributed by atoms with Crippen molar-refractivity contribution < 1.29 is 22.7 Å². The molecule has 1 aromatic heterocycles. The molecule has 0 saturated heterocycles. The fourth-order valence-corrected chi connectivity index (χ4v) is 2.09. The Hall–Kier alpha value is -2.16. The minimum atomic E-state index is -4.58. The molecule has 1 N–H and O–H groups in total. The molecule has 0 atom stereocenters. The second kappa shape index (κ2) is 6.08. The van der Waals surface area contributed by atoms with E-state index in [4.69, 9.17) is 4.74 Å². The van der Waals surface area contributed by atoms with E-state index in [9.17, 15) is 18.0 Å². The number of ether oxygens (including phenoxy) is 1. The van der Waals surface area contributed by atoms with E-state index in [2.05, 4.69) is 15.5 Å². The summed E-state index contributed by atoms with van der Waals surface area (Å²) in [6.07, 6.45) is -4.58. The number of benzene rings is 1. The van der Waals surface area contributed by atoms with Crippen molar-refractivity contribution in [3.05, 3.63) is 34.8 Å². The first kappa shape index (κ1) is 15.2. The Bertz CT molecular complexity index is 643. The Morgan fingerprint density at radius 3 is 2.67 bits per heavy atom. The molecule has 0 aliphatic heterocycles. The third kappa shape index (κ3) is 3.69. The van der Waals surface area contributed by atoms with Crippen LogP contribution in [0.5, 0.6) is 5.75 Å². The molecule has 0 aliphatic carbocycles. The van der Waals surface area contributed by atoms with Gasteiger partial charge in [-0.1, -0.05) is 23.5 Å². The Balaban J connectivity index is 2.17. The van der Waals surface area contributed by atoms with Crippen molar-refractivity contribution in [2.45, 2.75) is 13.1 Å². The highest BCUT2D eigenvalue weighted by atomic mass is 32.1. The lowest BCUT2D eigenvalue weighted by molar-refractivity contribution is -0.138. The van der Waals surface area contributed by atoms with Gasteiger partial charge in [0.15, 0.2) is 0 Å². The summed E-state index contributed by atoms with van der Waals surface area (Å²) in [6, 6.07) is 6.42. The molecule has 0 radical (unpaired) electrons. The van der Waals surface area contributed by atoms with Crippen LogP contribution in [0, 0.1) is 0 Å². The maximum absolute atomic E-state index is 12.4. The van der Waals surface area contributed by atoms with Crippen LogP contribution in [-0.2, 0) is 6.18 Å². The van der Waals surface area contributed by atoms with Crippen LogP contribution in [0.25, 0.3) is 0 Å². The lowest BCUT2D eigenvalue weighted by Crippen LogP contribution is -2.13. The number of nitrogens with zero attached hydrogens (tertiary/aromatic N) is 2. The van der Waals surface area contributed by atoms with Crippen molar-refractivity contribution in [2.75, 3.05) is 11.9 Å². The highest BCUT2D eigenvalue weighted by molar-refractivity contribution is 7.15. The predicted molar refractivity (Wildman–Crippen MR) is 70.5 cm³/mol. The molecule has 1 aromatic carbocycles. The Labute approximate surface area is 121 Å². The molecule has 1 amide bonds. The van der Waals surface area contributed by atoms with Crippen molar-refractivity contribution in [1.82, 2.24) is 10.2 Å². The van der Waals surface area contributed by atoms with Gasteiger partial charge in [-0.05, 0) is 19.1 Å². The first-order valence-electron chi connectivity index (χ1n) is 5.85. The summed E-state index contributed by atoms with van der Waals surface area (Å²) < 4.78 is 42.5. The molecule has 2 aromatic rings. The number of carbonyl (C=O) groups excluding carboxylic acids is 1. The number of hydrogen-bond donors (Lipinski definition) is 1. The summed E-state index contributed by atoms with van der Waals surface area (Å²) in [5.41, 5.74) is 0.211. The summed E-state index contributed by atoms with van der Waals surface area (Å²) in [5, 5.41) is 7.23. The molecule has 9 heteroatoms. The molecule has 0 aliphatic rings. The monoisotopic (exact) mass is 317 g/mol. The second-order valence-electron chi connectivity index (χ2n) is 3.79. The number of aromatic nitrogens is 2. The van der Waals surface area contributed by atoms with Gasteiger partial charge in [0.05, 0.1) is 12.2 Å². The van der Waals surface area contributed by atoms with Crippen molar-refractivity contribution in [1.29, 1.82) is 0 Å². The van der Waals surface area contributed by atoms with Gasteiger partial charge in [0.2, 0.25) is 10.1 Å². The zero-order valence-corrected chi connectivity index (χ0v) is 11.6. The summed E-state index contributed by atoms with van der Waals surface area (Å²) in [7, 11) is 0. The average Bonchev–Trinajstić information content (AvgIpc) is 2.88. The van der Waals surface area contributed by atoms with Gasteiger partial charge < -0.3 is 4.74 Å². The van der Waals surface area contributed by atoms with Crippen LogP contribution >= 0.6 is 11.3 Å². The van der Waals surface area contributed by atoms with Crippen LogP contribution in [0.3, 0.4) is 0 Å². The molecular formula is C12H10F3N3O2S. The van der Waals surface area contributed by atoms with Gasteiger partial charge in [-0.25, -0.2) is 0 Å². The minimum absolute atomic E-state index is 0.211. The van der Waals surface area contributed by atoms with Crippen LogP contribution in [0.15, 0.2) is 24.3 Å². The maximum atomic E-state index is 12.4. The quantitative estimate of drug-likeness (QED) is 0.940. The molecular weight excluding hydrogens is 307 g/mol. The number of anilines is 1. The number of hydrogen-bond acceptors (Lipinski definition) is 5. The summed E-state index contributed by atoms with van der Waals surface area (Å²) >= 11 is 0.262. The van der Waals surface area contributed by atoms with E-state index < -0.39 is 17.1 Å². The molecule has 0 fully saturated rings. The van der Waals surface area contributed by atoms with E-state index in [1.54, 1.807) is 25.1 Å². The van der Waals surface area contributed by atoms with Crippen LogP contribution in [-0.4, -0.2) is 22.7 Å². The number of alkyl halides is 3. The molecule has 5 nitrogen and oxygen atoms in total. The molecule has 0 unspecified atom stereocenters. The zero-order chi connectivity index (χ0) is 15.5. The number of halogens is 3. The SMILES string of the molecule is CCOc1ccccc1C(=O)Nc1nnc(C(F)(F)F)s1. The van der Waals surface area contributed by atoms with Gasteiger partial charge in [-0.15, -0.1) is 10.2 Å². The summed E-state index contributed by atoms with van der Waals surface area (Å²) in [6.45, 7) is 2.12. The number of carbonyl (C=O) groups is 1. The molecule has 0 bridgehead atoms. The Kier molecular flexibility index (Phi) is 4.41. The van der Waals surface area contributed by atoms with Crippen molar-refractivity contribution in [3.63, 3.8) is 0 Å². The molecule has 1 heterocycles. The van der Waals surface area contributed by atoms with Gasteiger partial charge >= 0.3 is 6.18 Å². The Morgan fingerprint density at radius 1 is 1.33 bits per heavy atom. The zero-order valence-electron chi connectivity index (χ0n) is 10.8. The fourth-order valence-electron chi connectivity index (χ4n) is 1.49. The van der Waals surface area contributed by atoms with Gasteiger partial charge in [-0.3, -0.25) is 10.1 Å². The largest absolute Gasteiger partial charge is 0.493 e. The van der Waals surface area contributed by atoms with Crippen LogP contribution in [0.2, 0.25) is 0 Å². The lowest BCUT2D eigenvalue weighted by Gasteiger charge is -2.08. The van der Waals surface area contributed by atoms with E-state index in [1.807, 2.05) is 0 Å². The van der Waals surface area contributed by atoms with Crippen molar-refractivity contribution in [3.8, 4) is 5.75 Å². The first-order chi connectivity index (χ1) is 9.91. The average molecular weight is 317 g/mol. The highest BCUT2D eigenvalue weighted by Crippen LogP contribution is 2.33. The van der Waals surface area contributed by atoms with Crippen LogP contribution in [0.4, 0.5) is 18.3 Å². The maximum Gasteiger partial charge on any atom is 0.445 e. The molecule has 0 saturated carbocycles. The predicted octanol–water partition coefficient (Wildman–Crippen LogP) is 3.21.